The number of anilines is 1. The second-order valence-corrected chi connectivity index (χ2v) is 8.15. The Bertz CT molecular complexity index is 1150. The number of nitrogens with one attached hydrogen (secondary N) is 1. The van der Waals surface area contributed by atoms with E-state index in [2.05, 4.69) is 5.32 Å². The molecule has 0 aliphatic rings. The lowest BCUT2D eigenvalue weighted by atomic mass is 10.1. The highest BCUT2D eigenvalue weighted by molar-refractivity contribution is 7.16. The van der Waals surface area contributed by atoms with Gasteiger partial charge in [0.25, 0.3) is 5.91 Å². The van der Waals surface area contributed by atoms with E-state index in [9.17, 15) is 22.8 Å². The number of thiophene rings is 1. The summed E-state index contributed by atoms with van der Waals surface area (Å²) >= 11 is 6.85. The van der Waals surface area contributed by atoms with Gasteiger partial charge in [-0.05, 0) is 56.7 Å². The molecule has 0 radical (unpaired) electrons. The SMILES string of the molecule is CCOC(=O)c1c(NC(=O)c2ccc(-c3ccc(Cl)c(C(F)(F)F)c3)o2)sc(C)c1C. The first kappa shape index (κ1) is 22.9. The van der Waals surface area contributed by atoms with Gasteiger partial charge in [0.15, 0.2) is 5.76 Å². The lowest BCUT2D eigenvalue weighted by Gasteiger charge is -2.10. The topological polar surface area (TPSA) is 68.5 Å². The molecule has 5 nitrogen and oxygen atoms in total. The average Bonchev–Trinajstić information content (AvgIpc) is 3.27. The Morgan fingerprint density at radius 1 is 1.19 bits per heavy atom. The summed E-state index contributed by atoms with van der Waals surface area (Å²) in [5.74, 6) is -1.27. The minimum Gasteiger partial charge on any atom is -0.462 e. The Balaban J connectivity index is 1.87. The summed E-state index contributed by atoms with van der Waals surface area (Å²) < 4.78 is 49.8. The van der Waals surface area contributed by atoms with Crippen LogP contribution in [0.3, 0.4) is 0 Å². The minimum atomic E-state index is -4.63. The molecule has 2 aromatic heterocycles. The molecule has 0 atom stereocenters. The number of halogens is 4. The van der Waals surface area contributed by atoms with Crippen LogP contribution in [0.4, 0.5) is 18.2 Å². The second kappa shape index (κ2) is 8.76. The smallest absolute Gasteiger partial charge is 0.417 e. The molecule has 0 aliphatic carbocycles. The quantitative estimate of drug-likeness (QED) is 0.419. The van der Waals surface area contributed by atoms with Gasteiger partial charge in [-0.15, -0.1) is 11.3 Å². The zero-order chi connectivity index (χ0) is 22.9. The Hall–Kier alpha value is -2.78. The zero-order valence-corrected chi connectivity index (χ0v) is 18.2. The highest BCUT2D eigenvalue weighted by Gasteiger charge is 2.33. The van der Waals surface area contributed by atoms with Gasteiger partial charge in [-0.3, -0.25) is 4.79 Å². The van der Waals surface area contributed by atoms with E-state index < -0.39 is 28.6 Å². The molecule has 0 fully saturated rings. The van der Waals surface area contributed by atoms with E-state index in [0.717, 1.165) is 17.0 Å². The average molecular weight is 472 g/mol. The van der Waals surface area contributed by atoms with Crippen molar-refractivity contribution in [3.05, 3.63) is 62.7 Å². The number of hydrogen-bond donors (Lipinski definition) is 1. The predicted molar refractivity (Wildman–Crippen MR) is 112 cm³/mol. The number of benzene rings is 1. The number of alkyl halides is 3. The maximum absolute atomic E-state index is 13.1. The summed E-state index contributed by atoms with van der Waals surface area (Å²) in [5.41, 5.74) is 0.0696. The molecule has 0 spiro atoms. The fourth-order valence-corrected chi connectivity index (χ4v) is 4.11. The molecular formula is C21H17ClF3NO4S. The van der Waals surface area contributed by atoms with E-state index in [-0.39, 0.29) is 29.3 Å². The van der Waals surface area contributed by atoms with E-state index in [1.165, 1.54) is 29.5 Å². The molecule has 31 heavy (non-hydrogen) atoms. The molecule has 2 heterocycles. The number of hydrogen-bond acceptors (Lipinski definition) is 5. The third-order valence-corrected chi connectivity index (χ3v) is 5.93. The molecule has 0 aliphatic heterocycles. The molecule has 0 unspecified atom stereocenters. The Labute approximate surface area is 184 Å². The van der Waals surface area contributed by atoms with Crippen molar-refractivity contribution in [2.24, 2.45) is 0 Å². The van der Waals surface area contributed by atoms with Crippen LogP contribution in [0, 0.1) is 13.8 Å². The van der Waals surface area contributed by atoms with Gasteiger partial charge in [-0.1, -0.05) is 11.6 Å². The maximum Gasteiger partial charge on any atom is 0.417 e. The summed E-state index contributed by atoms with van der Waals surface area (Å²) in [5, 5.41) is 2.49. The van der Waals surface area contributed by atoms with Crippen LogP contribution in [0.15, 0.2) is 34.7 Å². The highest BCUT2D eigenvalue weighted by Crippen LogP contribution is 2.38. The molecule has 1 amide bonds. The van der Waals surface area contributed by atoms with Crippen LogP contribution >= 0.6 is 22.9 Å². The maximum atomic E-state index is 13.1. The van der Waals surface area contributed by atoms with Crippen LogP contribution < -0.4 is 5.32 Å². The molecule has 1 N–H and O–H groups in total. The van der Waals surface area contributed by atoms with Crippen LogP contribution in [-0.2, 0) is 10.9 Å². The van der Waals surface area contributed by atoms with Gasteiger partial charge >= 0.3 is 12.1 Å². The number of furan rings is 1. The normalized spacial score (nSPS) is 11.5. The van der Waals surface area contributed by atoms with E-state index >= 15 is 0 Å². The van der Waals surface area contributed by atoms with Crippen LogP contribution in [0.5, 0.6) is 0 Å². The fourth-order valence-electron chi connectivity index (χ4n) is 2.84. The van der Waals surface area contributed by atoms with Gasteiger partial charge in [-0.2, -0.15) is 13.2 Å². The van der Waals surface area contributed by atoms with Crippen LogP contribution in [0.25, 0.3) is 11.3 Å². The predicted octanol–water partition coefficient (Wildman–Crippen LogP) is 6.73. The van der Waals surface area contributed by atoms with Gasteiger partial charge in [-0.25, -0.2) is 4.79 Å². The van der Waals surface area contributed by atoms with Gasteiger partial charge in [0.2, 0.25) is 0 Å². The summed E-state index contributed by atoms with van der Waals surface area (Å²) in [6.07, 6.45) is -4.63. The molecule has 3 rings (SSSR count). The minimum absolute atomic E-state index is 0.0662. The molecule has 0 saturated heterocycles. The van der Waals surface area contributed by atoms with Crippen molar-refractivity contribution >= 4 is 39.8 Å². The van der Waals surface area contributed by atoms with E-state index in [1.54, 1.807) is 13.8 Å². The third kappa shape index (κ3) is 4.77. The highest BCUT2D eigenvalue weighted by atomic mass is 35.5. The standard InChI is InChI=1S/C21H17ClF3NO4S/c1-4-29-20(28)17-10(2)11(3)31-19(17)26-18(27)16-8-7-15(30-16)12-5-6-14(22)13(9-12)21(23,24)25/h5-9H,4H2,1-3H3,(H,26,27). The molecule has 164 valence electrons. The zero-order valence-electron chi connectivity index (χ0n) is 16.6. The van der Waals surface area contributed by atoms with Gasteiger partial charge in [0, 0.05) is 10.4 Å². The van der Waals surface area contributed by atoms with Gasteiger partial charge in [0.1, 0.15) is 10.8 Å². The fraction of sp³-hybridized carbons (Fsp3) is 0.238. The summed E-state index contributed by atoms with van der Waals surface area (Å²) in [4.78, 5) is 25.7. The van der Waals surface area contributed by atoms with Crippen LogP contribution in [0.1, 0.15) is 43.8 Å². The number of aryl methyl sites for hydroxylation is 1. The van der Waals surface area contributed by atoms with E-state index in [4.69, 9.17) is 20.8 Å². The number of carbonyl (C=O) groups excluding carboxylic acids is 2. The molecule has 0 saturated carbocycles. The number of esters is 1. The number of amides is 1. The van der Waals surface area contributed by atoms with Crippen molar-refractivity contribution in [2.45, 2.75) is 26.9 Å². The van der Waals surface area contributed by atoms with E-state index in [1.807, 2.05) is 6.92 Å². The molecular weight excluding hydrogens is 455 g/mol. The Kier molecular flexibility index (Phi) is 6.47. The van der Waals surface area contributed by atoms with Crippen molar-refractivity contribution in [1.82, 2.24) is 0 Å². The number of rotatable bonds is 5. The summed E-state index contributed by atoms with van der Waals surface area (Å²) in [6.45, 7) is 5.42. The van der Waals surface area contributed by atoms with Crippen LogP contribution in [-0.4, -0.2) is 18.5 Å². The first-order valence-corrected chi connectivity index (χ1v) is 10.3. The number of carbonyl (C=O) groups is 2. The van der Waals surface area contributed by atoms with Crippen molar-refractivity contribution < 1.29 is 31.9 Å². The van der Waals surface area contributed by atoms with E-state index in [0.29, 0.717) is 10.6 Å². The lowest BCUT2D eigenvalue weighted by Crippen LogP contribution is -2.14. The first-order chi connectivity index (χ1) is 14.5. The lowest BCUT2D eigenvalue weighted by molar-refractivity contribution is -0.137. The Morgan fingerprint density at radius 3 is 2.55 bits per heavy atom. The van der Waals surface area contributed by atoms with Crippen LogP contribution in [0.2, 0.25) is 5.02 Å². The summed E-state index contributed by atoms with van der Waals surface area (Å²) in [6, 6.07) is 6.06. The largest absolute Gasteiger partial charge is 0.462 e. The molecule has 0 bridgehead atoms. The monoisotopic (exact) mass is 471 g/mol. The molecule has 3 aromatic rings. The van der Waals surface area contributed by atoms with Crippen molar-refractivity contribution in [2.75, 3.05) is 11.9 Å². The summed E-state index contributed by atoms with van der Waals surface area (Å²) in [7, 11) is 0. The Morgan fingerprint density at radius 2 is 1.90 bits per heavy atom. The molecule has 10 heteroatoms. The van der Waals surface area contributed by atoms with Crippen molar-refractivity contribution in [1.29, 1.82) is 0 Å². The van der Waals surface area contributed by atoms with Gasteiger partial charge in [0.05, 0.1) is 22.8 Å². The second-order valence-electron chi connectivity index (χ2n) is 6.52. The first-order valence-electron chi connectivity index (χ1n) is 9.08. The van der Waals surface area contributed by atoms with Crippen molar-refractivity contribution in [3.63, 3.8) is 0 Å². The third-order valence-electron chi connectivity index (χ3n) is 4.48. The van der Waals surface area contributed by atoms with Crippen molar-refractivity contribution in [3.8, 4) is 11.3 Å². The molecule has 1 aromatic carbocycles. The van der Waals surface area contributed by atoms with Gasteiger partial charge < -0.3 is 14.5 Å². The number of ether oxygens (including phenoxy) is 1.